The molecule has 2 heterocycles. The molecule has 2 atom stereocenters. The number of fused-ring (bicyclic) bond motifs is 1. The minimum atomic E-state index is -0.998. The molecule has 7 nitrogen and oxygen atoms in total. The molecule has 8 heteroatoms. The molecule has 0 fully saturated rings. The van der Waals surface area contributed by atoms with Crippen LogP contribution in [-0.4, -0.2) is 35.5 Å². The van der Waals surface area contributed by atoms with Gasteiger partial charge in [-0.3, -0.25) is 9.78 Å². The van der Waals surface area contributed by atoms with Gasteiger partial charge < -0.3 is 14.8 Å². The second-order valence-corrected chi connectivity index (χ2v) is 9.41. The van der Waals surface area contributed by atoms with Gasteiger partial charge >= 0.3 is 11.9 Å². The quantitative estimate of drug-likeness (QED) is 0.436. The molecule has 0 saturated heterocycles. The van der Waals surface area contributed by atoms with Gasteiger partial charge in [0.05, 0.1) is 17.7 Å². The number of benzene rings is 1. The smallest absolute Gasteiger partial charge is 0.341 e. The minimum absolute atomic E-state index is 0.241. The third-order valence-electron chi connectivity index (χ3n) is 6.08. The summed E-state index contributed by atoms with van der Waals surface area (Å²) >= 11 is 1.40. The van der Waals surface area contributed by atoms with Crippen molar-refractivity contribution in [1.82, 2.24) is 4.98 Å². The molecular weight excluding hydrogens is 464 g/mol. The van der Waals surface area contributed by atoms with Gasteiger partial charge in [0.25, 0.3) is 5.91 Å². The van der Waals surface area contributed by atoms with Crippen LogP contribution in [0.15, 0.2) is 54.9 Å². The van der Waals surface area contributed by atoms with E-state index in [0.717, 1.165) is 29.7 Å². The van der Waals surface area contributed by atoms with Gasteiger partial charge in [-0.2, -0.15) is 0 Å². The number of carbonyl (C=O) groups is 3. The molecule has 0 saturated carbocycles. The fourth-order valence-corrected chi connectivity index (χ4v) is 5.62. The van der Waals surface area contributed by atoms with Crippen LogP contribution in [-0.2, 0) is 27.1 Å². The highest BCUT2D eigenvalue weighted by atomic mass is 32.1. The lowest BCUT2D eigenvalue weighted by Gasteiger charge is -2.23. The zero-order chi connectivity index (χ0) is 24.8. The van der Waals surface area contributed by atoms with E-state index in [4.69, 9.17) is 9.47 Å². The number of nitrogens with zero attached hydrogens (tertiary/aromatic N) is 1. The fourth-order valence-electron chi connectivity index (χ4n) is 4.30. The number of carbonyl (C=O) groups excluding carboxylic acids is 3. The van der Waals surface area contributed by atoms with E-state index in [-0.39, 0.29) is 6.61 Å². The average molecular weight is 493 g/mol. The van der Waals surface area contributed by atoms with Crippen molar-refractivity contribution in [3.63, 3.8) is 0 Å². The Balaban J connectivity index is 1.56. The predicted octanol–water partition coefficient (Wildman–Crippen LogP) is 5.17. The Labute approximate surface area is 208 Å². The molecule has 35 heavy (non-hydrogen) atoms. The fraction of sp³-hybridized carbons (Fsp3) is 0.333. The summed E-state index contributed by atoms with van der Waals surface area (Å²) in [4.78, 5) is 43.4. The van der Waals surface area contributed by atoms with E-state index in [9.17, 15) is 14.4 Å². The molecular formula is C27H28N2O5S. The number of hydrogen-bond donors (Lipinski definition) is 1. The van der Waals surface area contributed by atoms with Crippen LogP contribution in [0.3, 0.4) is 0 Å². The summed E-state index contributed by atoms with van der Waals surface area (Å²) in [6.45, 7) is 3.76. The molecule has 4 rings (SSSR count). The van der Waals surface area contributed by atoms with Crippen molar-refractivity contribution < 1.29 is 23.9 Å². The van der Waals surface area contributed by atoms with E-state index in [1.807, 2.05) is 18.2 Å². The van der Waals surface area contributed by atoms with E-state index in [1.54, 1.807) is 13.8 Å². The number of rotatable bonds is 8. The second kappa shape index (κ2) is 11.3. The summed E-state index contributed by atoms with van der Waals surface area (Å²) in [6.07, 6.45) is 4.70. The molecule has 2 aromatic heterocycles. The number of amides is 1. The summed E-state index contributed by atoms with van der Waals surface area (Å²) in [7, 11) is 0. The third-order valence-corrected chi connectivity index (χ3v) is 7.25. The normalized spacial score (nSPS) is 15.5. The number of aromatic nitrogens is 1. The van der Waals surface area contributed by atoms with Crippen LogP contribution < -0.4 is 5.32 Å². The number of nitrogens with one attached hydrogen (secondary N) is 1. The van der Waals surface area contributed by atoms with Gasteiger partial charge in [0.15, 0.2) is 6.10 Å². The largest absolute Gasteiger partial charge is 0.462 e. The number of anilines is 1. The highest BCUT2D eigenvalue weighted by molar-refractivity contribution is 7.17. The van der Waals surface area contributed by atoms with E-state index in [2.05, 4.69) is 22.4 Å². The third kappa shape index (κ3) is 5.59. The molecule has 0 spiro atoms. The number of pyridine rings is 1. The minimum Gasteiger partial charge on any atom is -0.462 e. The van der Waals surface area contributed by atoms with E-state index in [0.29, 0.717) is 28.5 Å². The molecule has 0 radical (unpaired) electrons. The number of esters is 2. The Morgan fingerprint density at radius 2 is 1.83 bits per heavy atom. The van der Waals surface area contributed by atoms with Crippen LogP contribution in [0.2, 0.25) is 0 Å². The van der Waals surface area contributed by atoms with Crippen molar-refractivity contribution in [1.29, 1.82) is 0 Å². The Kier molecular flexibility index (Phi) is 7.92. The summed E-state index contributed by atoms with van der Waals surface area (Å²) in [6, 6.07) is 13.4. The predicted molar refractivity (Wildman–Crippen MR) is 134 cm³/mol. The number of ether oxygens (including phenoxy) is 2. The zero-order valence-electron chi connectivity index (χ0n) is 19.8. The first kappa shape index (κ1) is 24.6. The monoisotopic (exact) mass is 492 g/mol. The molecule has 182 valence electrons. The van der Waals surface area contributed by atoms with Crippen molar-refractivity contribution in [3.8, 4) is 0 Å². The van der Waals surface area contributed by atoms with E-state index < -0.39 is 23.9 Å². The van der Waals surface area contributed by atoms with Crippen LogP contribution in [0.5, 0.6) is 0 Å². The summed E-state index contributed by atoms with van der Waals surface area (Å²) in [5, 5.41) is 3.31. The summed E-state index contributed by atoms with van der Waals surface area (Å²) in [5.74, 6) is -1.17. The Morgan fingerprint density at radius 1 is 1.09 bits per heavy atom. The lowest BCUT2D eigenvalue weighted by Crippen LogP contribution is -2.32. The number of thiophene rings is 1. The summed E-state index contributed by atoms with van der Waals surface area (Å²) in [5.41, 5.74) is 2.95. The van der Waals surface area contributed by atoms with Gasteiger partial charge in [-0.1, -0.05) is 37.3 Å². The molecule has 3 aromatic rings. The molecule has 0 aliphatic heterocycles. The van der Waals surface area contributed by atoms with Crippen LogP contribution in [0.4, 0.5) is 5.00 Å². The highest BCUT2D eigenvalue weighted by Gasteiger charge is 2.32. The van der Waals surface area contributed by atoms with Crippen molar-refractivity contribution in [2.24, 2.45) is 0 Å². The number of hydrogen-bond acceptors (Lipinski definition) is 7. The molecule has 1 amide bonds. The Morgan fingerprint density at radius 3 is 2.51 bits per heavy atom. The van der Waals surface area contributed by atoms with Crippen molar-refractivity contribution >= 4 is 34.2 Å². The van der Waals surface area contributed by atoms with Crippen LogP contribution in [0.25, 0.3) is 0 Å². The Bertz CT molecular complexity index is 1190. The van der Waals surface area contributed by atoms with Crippen molar-refractivity contribution in [2.45, 2.75) is 51.6 Å². The van der Waals surface area contributed by atoms with Crippen molar-refractivity contribution in [3.05, 3.63) is 82.0 Å². The molecule has 2 unspecified atom stereocenters. The standard InChI is InChI=1S/C27H28N2O5S/c1-3-21(34-26(31)18-12-14-28-15-13-18)24(30)29-25-23(27(32)33-4-2)20-11-10-19(16-22(20)35-25)17-8-6-5-7-9-17/h5-9,12-15,19,21H,3-4,10-11,16H2,1-2H3,(H,29,30). The topological polar surface area (TPSA) is 94.6 Å². The molecule has 1 aliphatic rings. The van der Waals surface area contributed by atoms with E-state index in [1.165, 1.54) is 41.4 Å². The first-order valence-corrected chi connectivity index (χ1v) is 12.6. The van der Waals surface area contributed by atoms with E-state index >= 15 is 0 Å². The maximum atomic E-state index is 13.1. The molecule has 1 aromatic carbocycles. The molecule has 1 N–H and O–H groups in total. The van der Waals surface area contributed by atoms with Crippen LogP contribution >= 0.6 is 11.3 Å². The Hall–Kier alpha value is -3.52. The van der Waals surface area contributed by atoms with Crippen LogP contribution in [0.1, 0.15) is 69.3 Å². The van der Waals surface area contributed by atoms with Gasteiger partial charge in [0, 0.05) is 17.3 Å². The maximum Gasteiger partial charge on any atom is 0.341 e. The van der Waals surface area contributed by atoms with Gasteiger partial charge in [0.2, 0.25) is 0 Å². The van der Waals surface area contributed by atoms with Gasteiger partial charge in [0.1, 0.15) is 5.00 Å². The van der Waals surface area contributed by atoms with Crippen molar-refractivity contribution in [2.75, 3.05) is 11.9 Å². The highest BCUT2D eigenvalue weighted by Crippen LogP contribution is 2.43. The zero-order valence-corrected chi connectivity index (χ0v) is 20.6. The average Bonchev–Trinajstić information content (AvgIpc) is 3.25. The molecule has 0 bridgehead atoms. The van der Waals surface area contributed by atoms with Gasteiger partial charge in [-0.15, -0.1) is 11.3 Å². The summed E-state index contributed by atoms with van der Waals surface area (Å²) < 4.78 is 10.8. The first-order chi connectivity index (χ1) is 17.0. The second-order valence-electron chi connectivity index (χ2n) is 8.31. The molecule has 1 aliphatic carbocycles. The maximum absolute atomic E-state index is 13.1. The van der Waals surface area contributed by atoms with Gasteiger partial charge in [-0.05, 0) is 61.8 Å². The van der Waals surface area contributed by atoms with Crippen LogP contribution in [0, 0.1) is 0 Å². The lowest BCUT2D eigenvalue weighted by molar-refractivity contribution is -0.124. The lowest BCUT2D eigenvalue weighted by atomic mass is 9.83. The SMILES string of the molecule is CCOC(=O)c1c(NC(=O)C(CC)OC(=O)c2ccncc2)sc2c1CCC(c1ccccc1)C2. The van der Waals surface area contributed by atoms with Gasteiger partial charge in [-0.25, -0.2) is 9.59 Å². The first-order valence-electron chi connectivity index (χ1n) is 11.8.